The Bertz CT molecular complexity index is 1070. The number of aromatic amines is 1. The number of aromatic nitrogens is 2. The summed E-state index contributed by atoms with van der Waals surface area (Å²) in [6.45, 7) is 19.1. The maximum Gasteiger partial charge on any atom is 0.164 e. The molecule has 0 bridgehead atoms. The van der Waals surface area contributed by atoms with Gasteiger partial charge in [-0.05, 0) is 89.3 Å². The fourth-order valence-corrected chi connectivity index (χ4v) is 6.56. The van der Waals surface area contributed by atoms with E-state index in [1.165, 1.54) is 31.2 Å². The van der Waals surface area contributed by atoms with Crippen LogP contribution < -0.4 is 0 Å². The summed E-state index contributed by atoms with van der Waals surface area (Å²) in [7, 11) is 0. The lowest BCUT2D eigenvalue weighted by Gasteiger charge is -2.46. The number of H-pyrrole nitrogens is 1. The van der Waals surface area contributed by atoms with Crippen molar-refractivity contribution < 1.29 is 14.2 Å². The SMILES string of the molecule is CC(C)N(C[C@H]1OC[C@]2(C)OC(C)(C)O[C@H]12)[C@H]1C[C@@H](CCCc2nc3cc(C(C)(C)C)ccc3[nH]2)C1. The highest BCUT2D eigenvalue weighted by atomic mass is 16.8. The van der Waals surface area contributed by atoms with Gasteiger partial charge in [-0.25, -0.2) is 4.98 Å². The average Bonchev–Trinajstić information content (AvgIpc) is 3.35. The molecule has 3 atom stereocenters. The second kappa shape index (κ2) is 9.37. The predicted molar refractivity (Wildman–Crippen MR) is 144 cm³/mol. The minimum absolute atomic E-state index is 0.00732. The average molecular weight is 498 g/mol. The van der Waals surface area contributed by atoms with Crippen molar-refractivity contribution >= 4 is 11.0 Å². The first-order valence-electron chi connectivity index (χ1n) is 14.1. The van der Waals surface area contributed by atoms with Crippen LogP contribution in [0.2, 0.25) is 0 Å². The van der Waals surface area contributed by atoms with Crippen LogP contribution >= 0.6 is 0 Å². The molecule has 1 saturated carbocycles. The molecule has 3 heterocycles. The number of benzene rings is 1. The van der Waals surface area contributed by atoms with E-state index in [1.54, 1.807) is 0 Å². The highest BCUT2D eigenvalue weighted by Crippen LogP contribution is 2.44. The van der Waals surface area contributed by atoms with Crippen molar-refractivity contribution in [1.29, 1.82) is 0 Å². The van der Waals surface area contributed by atoms with Crippen molar-refractivity contribution in [3.05, 3.63) is 29.6 Å². The van der Waals surface area contributed by atoms with E-state index < -0.39 is 5.79 Å². The third kappa shape index (κ3) is 5.24. The van der Waals surface area contributed by atoms with Gasteiger partial charge in [-0.15, -0.1) is 0 Å². The molecule has 3 fully saturated rings. The summed E-state index contributed by atoms with van der Waals surface area (Å²) in [5.41, 5.74) is 3.41. The number of imidazole rings is 1. The van der Waals surface area contributed by atoms with E-state index in [9.17, 15) is 0 Å². The standard InChI is InChI=1S/C30H47N3O3/c1-19(2)33(17-25-27-30(8,18-34-25)36-29(6,7)35-27)22-14-20(15-22)10-9-11-26-31-23-13-12-21(28(3,4)5)16-24(23)32-26/h12-13,16,19-20,22,25,27H,9-11,14-15,17-18H2,1-8H3,(H,31,32)/t20-,22+,25-,27-,30+/m1/s1. The molecule has 1 aromatic carbocycles. The van der Waals surface area contributed by atoms with E-state index in [0.29, 0.717) is 18.7 Å². The van der Waals surface area contributed by atoms with Gasteiger partial charge in [-0.3, -0.25) is 4.90 Å². The third-order valence-electron chi connectivity index (χ3n) is 8.57. The summed E-state index contributed by atoms with van der Waals surface area (Å²) in [6.07, 6.45) is 6.14. The minimum atomic E-state index is -0.527. The van der Waals surface area contributed by atoms with Crippen molar-refractivity contribution in [2.45, 2.75) is 129 Å². The normalized spacial score (nSPS) is 31.9. The van der Waals surface area contributed by atoms with Gasteiger partial charge in [0.25, 0.3) is 0 Å². The number of nitrogens with zero attached hydrogens (tertiary/aromatic N) is 2. The number of ether oxygens (including phenoxy) is 3. The smallest absolute Gasteiger partial charge is 0.164 e. The first-order valence-corrected chi connectivity index (χ1v) is 14.1. The van der Waals surface area contributed by atoms with Crippen LogP contribution in [-0.2, 0) is 26.0 Å². The molecule has 2 aliphatic heterocycles. The fraction of sp³-hybridized carbons (Fsp3) is 0.767. The Morgan fingerprint density at radius 1 is 1.17 bits per heavy atom. The molecule has 36 heavy (non-hydrogen) atoms. The van der Waals surface area contributed by atoms with Gasteiger partial charge in [0.05, 0.1) is 23.7 Å². The van der Waals surface area contributed by atoms with Crippen LogP contribution in [-0.4, -0.2) is 63.7 Å². The van der Waals surface area contributed by atoms with Crippen LogP contribution in [0.3, 0.4) is 0 Å². The number of aryl methyl sites for hydroxylation is 1. The summed E-state index contributed by atoms with van der Waals surface area (Å²) < 4.78 is 18.7. The molecule has 2 aromatic rings. The Labute approximate surface area is 217 Å². The Morgan fingerprint density at radius 2 is 1.92 bits per heavy atom. The van der Waals surface area contributed by atoms with Crippen LogP contribution in [0, 0.1) is 5.92 Å². The zero-order chi connectivity index (χ0) is 25.9. The Hall–Kier alpha value is -1.47. The number of hydrogen-bond donors (Lipinski definition) is 1. The van der Waals surface area contributed by atoms with E-state index in [1.807, 2.05) is 13.8 Å². The van der Waals surface area contributed by atoms with Gasteiger partial charge < -0.3 is 19.2 Å². The lowest BCUT2D eigenvalue weighted by molar-refractivity contribution is -0.189. The number of rotatable bonds is 8. The lowest BCUT2D eigenvalue weighted by Crippen LogP contribution is -2.53. The highest BCUT2D eigenvalue weighted by Gasteiger charge is 2.58. The Kier molecular flexibility index (Phi) is 6.81. The molecule has 1 N–H and O–H groups in total. The Morgan fingerprint density at radius 3 is 2.61 bits per heavy atom. The second-order valence-electron chi connectivity index (χ2n) is 13.5. The van der Waals surface area contributed by atoms with E-state index >= 15 is 0 Å². The zero-order valence-electron chi connectivity index (χ0n) is 23.7. The zero-order valence-corrected chi connectivity index (χ0v) is 23.7. The lowest BCUT2D eigenvalue weighted by atomic mass is 9.76. The molecular weight excluding hydrogens is 450 g/mol. The molecule has 0 radical (unpaired) electrons. The molecule has 6 heteroatoms. The number of hydrogen-bond acceptors (Lipinski definition) is 5. The van der Waals surface area contributed by atoms with E-state index in [2.05, 4.69) is 69.6 Å². The maximum atomic E-state index is 6.28. The highest BCUT2D eigenvalue weighted by molar-refractivity contribution is 5.76. The molecule has 0 unspecified atom stereocenters. The van der Waals surface area contributed by atoms with Gasteiger partial charge in [0, 0.05) is 25.0 Å². The molecular formula is C30H47N3O3. The maximum absolute atomic E-state index is 6.28. The van der Waals surface area contributed by atoms with Crippen molar-refractivity contribution in [3.63, 3.8) is 0 Å². The van der Waals surface area contributed by atoms with Crippen molar-refractivity contribution in [1.82, 2.24) is 14.9 Å². The van der Waals surface area contributed by atoms with Crippen molar-refractivity contribution in [3.8, 4) is 0 Å². The molecule has 5 rings (SSSR count). The summed E-state index contributed by atoms with van der Waals surface area (Å²) >= 11 is 0. The summed E-state index contributed by atoms with van der Waals surface area (Å²) in [6, 6.07) is 7.79. The van der Waals surface area contributed by atoms with Crippen molar-refractivity contribution in [2.24, 2.45) is 5.92 Å². The molecule has 200 valence electrons. The molecule has 2 saturated heterocycles. The monoisotopic (exact) mass is 497 g/mol. The molecule has 6 nitrogen and oxygen atoms in total. The number of nitrogens with one attached hydrogen (secondary N) is 1. The topological polar surface area (TPSA) is 59.6 Å². The molecule has 3 aliphatic rings. The third-order valence-corrected chi connectivity index (χ3v) is 8.57. The van der Waals surface area contributed by atoms with Crippen LogP contribution in [0.4, 0.5) is 0 Å². The molecule has 1 aliphatic carbocycles. The van der Waals surface area contributed by atoms with Crippen molar-refractivity contribution in [2.75, 3.05) is 13.2 Å². The summed E-state index contributed by atoms with van der Waals surface area (Å²) in [4.78, 5) is 11.1. The summed E-state index contributed by atoms with van der Waals surface area (Å²) in [5.74, 6) is 1.41. The van der Waals surface area contributed by atoms with Gasteiger partial charge >= 0.3 is 0 Å². The quantitative estimate of drug-likeness (QED) is 0.486. The molecule has 1 aromatic heterocycles. The summed E-state index contributed by atoms with van der Waals surface area (Å²) in [5, 5.41) is 0. The van der Waals surface area contributed by atoms with Crippen LogP contribution in [0.1, 0.15) is 92.5 Å². The fourth-order valence-electron chi connectivity index (χ4n) is 6.56. The molecule has 0 spiro atoms. The number of fused-ring (bicyclic) bond motifs is 2. The second-order valence-corrected chi connectivity index (χ2v) is 13.5. The van der Waals surface area contributed by atoms with Gasteiger partial charge in [0.15, 0.2) is 5.79 Å². The first-order chi connectivity index (χ1) is 16.8. The van der Waals surface area contributed by atoms with E-state index in [0.717, 1.165) is 35.7 Å². The van der Waals surface area contributed by atoms with Crippen LogP contribution in [0.15, 0.2) is 18.2 Å². The van der Waals surface area contributed by atoms with Crippen LogP contribution in [0.25, 0.3) is 11.0 Å². The van der Waals surface area contributed by atoms with E-state index in [-0.39, 0.29) is 23.2 Å². The van der Waals surface area contributed by atoms with E-state index in [4.69, 9.17) is 19.2 Å². The van der Waals surface area contributed by atoms with Gasteiger partial charge in [-0.2, -0.15) is 0 Å². The van der Waals surface area contributed by atoms with Crippen LogP contribution in [0.5, 0.6) is 0 Å². The first kappa shape index (κ1) is 26.1. The molecule has 0 amide bonds. The van der Waals surface area contributed by atoms with Gasteiger partial charge in [0.1, 0.15) is 17.5 Å². The predicted octanol–water partition coefficient (Wildman–Crippen LogP) is 5.98. The largest absolute Gasteiger partial charge is 0.371 e. The van der Waals surface area contributed by atoms with Gasteiger partial charge in [0.2, 0.25) is 0 Å². The Balaban J connectivity index is 1.10. The minimum Gasteiger partial charge on any atom is -0.371 e. The van der Waals surface area contributed by atoms with Gasteiger partial charge in [-0.1, -0.05) is 26.8 Å².